The standard InChI is InChI=1S/C5H8Cl.ClH.Mg/c1-2-3-4-5-6;;/h1,3-5H2;1H;/q-1;;+2/p-1. The van der Waals surface area contributed by atoms with E-state index in [2.05, 4.69) is 12.7 Å². The van der Waals surface area contributed by atoms with Gasteiger partial charge in [0, 0.05) is 5.88 Å². The van der Waals surface area contributed by atoms with E-state index in [0.717, 1.165) is 18.7 Å². The maximum absolute atomic E-state index is 5.31. The number of hydrogen-bond acceptors (Lipinski definition) is 0. The molecule has 0 nitrogen and oxygen atoms in total. The molecule has 0 heterocycles. The summed E-state index contributed by atoms with van der Waals surface area (Å²) in [6, 6.07) is 0. The van der Waals surface area contributed by atoms with E-state index in [1.54, 1.807) is 0 Å². The van der Waals surface area contributed by atoms with E-state index < -0.39 is 0 Å². The first-order chi connectivity index (χ1) is 2.91. The van der Waals surface area contributed by atoms with Crippen molar-refractivity contribution in [1.29, 1.82) is 0 Å². The van der Waals surface area contributed by atoms with E-state index in [0.29, 0.717) is 0 Å². The van der Waals surface area contributed by atoms with Gasteiger partial charge in [-0.05, 0) is 0 Å². The molecule has 0 aromatic heterocycles. The maximum atomic E-state index is 5.31. The Labute approximate surface area is 78.2 Å². The van der Waals surface area contributed by atoms with Gasteiger partial charge < -0.3 is 18.5 Å². The van der Waals surface area contributed by atoms with Crippen LogP contribution in [0.4, 0.5) is 0 Å². The Hall–Kier alpha value is 1.09. The molecule has 8 heavy (non-hydrogen) atoms. The van der Waals surface area contributed by atoms with Crippen molar-refractivity contribution in [3.63, 3.8) is 0 Å². The van der Waals surface area contributed by atoms with Crippen LogP contribution in [0.2, 0.25) is 0 Å². The van der Waals surface area contributed by atoms with Gasteiger partial charge in [-0.15, -0.1) is 11.6 Å². The molecular weight excluding hydrogens is 155 g/mol. The van der Waals surface area contributed by atoms with Crippen LogP contribution in [0.25, 0.3) is 0 Å². The van der Waals surface area contributed by atoms with Crippen molar-refractivity contribution in [2.24, 2.45) is 0 Å². The molecule has 44 valence electrons. The molecule has 0 unspecified atom stereocenters. The number of halogens is 2. The van der Waals surface area contributed by atoms with Crippen LogP contribution >= 0.6 is 11.6 Å². The van der Waals surface area contributed by atoms with Gasteiger partial charge in [0.15, 0.2) is 0 Å². The zero-order valence-corrected chi connectivity index (χ0v) is 7.72. The van der Waals surface area contributed by atoms with Crippen LogP contribution < -0.4 is 12.4 Å². The maximum Gasteiger partial charge on any atom is 2.00 e. The van der Waals surface area contributed by atoms with E-state index >= 15 is 0 Å². The van der Waals surface area contributed by atoms with Gasteiger partial charge in [-0.25, -0.2) is 0 Å². The van der Waals surface area contributed by atoms with Crippen molar-refractivity contribution >= 4 is 34.7 Å². The summed E-state index contributed by atoms with van der Waals surface area (Å²) in [5, 5.41) is 0. The predicted molar refractivity (Wildman–Crippen MR) is 34.6 cm³/mol. The van der Waals surface area contributed by atoms with Gasteiger partial charge in [-0.3, -0.25) is 6.58 Å². The molecule has 0 atom stereocenters. The fraction of sp³-hybridized carbons (Fsp3) is 0.600. The minimum Gasteiger partial charge on any atom is -1.00 e. The summed E-state index contributed by atoms with van der Waals surface area (Å²) in [4.78, 5) is 0. The summed E-state index contributed by atoms with van der Waals surface area (Å²) in [6.07, 6.45) is 4.66. The molecule has 0 radical (unpaired) electrons. The van der Waals surface area contributed by atoms with Gasteiger partial charge in [-0.1, -0.05) is 6.42 Å². The van der Waals surface area contributed by atoms with Crippen molar-refractivity contribution in [2.75, 3.05) is 5.88 Å². The quantitative estimate of drug-likeness (QED) is 0.208. The van der Waals surface area contributed by atoms with Crippen LogP contribution in [0.3, 0.4) is 0 Å². The average molecular weight is 163 g/mol. The van der Waals surface area contributed by atoms with Crippen molar-refractivity contribution in [3.05, 3.63) is 12.7 Å². The van der Waals surface area contributed by atoms with Crippen molar-refractivity contribution in [2.45, 2.75) is 12.8 Å². The Morgan fingerprint density at radius 1 is 1.50 bits per heavy atom. The van der Waals surface area contributed by atoms with Crippen LogP contribution in [-0.2, 0) is 0 Å². The van der Waals surface area contributed by atoms with Gasteiger partial charge in [0.25, 0.3) is 0 Å². The zero-order chi connectivity index (χ0) is 4.83. The van der Waals surface area contributed by atoms with Gasteiger partial charge in [0.05, 0.1) is 0 Å². The normalized spacial score (nSPS) is 6.12. The smallest absolute Gasteiger partial charge is 1.00 e. The number of alkyl halides is 1. The first-order valence-corrected chi connectivity index (χ1v) is 2.51. The molecule has 0 fully saturated rings. The monoisotopic (exact) mass is 162 g/mol. The van der Waals surface area contributed by atoms with Crippen molar-refractivity contribution in [3.8, 4) is 0 Å². The van der Waals surface area contributed by atoms with E-state index in [4.69, 9.17) is 11.6 Å². The summed E-state index contributed by atoms with van der Waals surface area (Å²) in [7, 11) is 0. The second kappa shape index (κ2) is 15.7. The fourth-order valence-electron chi connectivity index (χ4n) is 0.192. The number of unbranched alkanes of at least 4 members (excludes halogenated alkanes) is 1. The van der Waals surface area contributed by atoms with Gasteiger partial charge in [-0.2, -0.15) is 6.42 Å². The SMILES string of the molecule is C=[C-]CCCCl.[Cl-].[Mg+2]. The molecule has 0 bridgehead atoms. The number of hydrogen-bond donors (Lipinski definition) is 0. The molecule has 3 heteroatoms. The van der Waals surface area contributed by atoms with E-state index in [1.165, 1.54) is 0 Å². The number of allylic oxidation sites excluding steroid dienone is 1. The molecule has 0 saturated heterocycles. The molecule has 0 amide bonds. The summed E-state index contributed by atoms with van der Waals surface area (Å²) < 4.78 is 0. The average Bonchev–Trinajstić information content (AvgIpc) is 1.61. The zero-order valence-electron chi connectivity index (χ0n) is 4.79. The molecule has 0 aliphatic carbocycles. The molecular formula is C5H8Cl2Mg. The molecule has 0 aliphatic rings. The van der Waals surface area contributed by atoms with Crippen LogP contribution in [-0.4, -0.2) is 28.9 Å². The molecule has 0 rings (SSSR count). The minimum atomic E-state index is 0. The summed E-state index contributed by atoms with van der Waals surface area (Å²) >= 11 is 5.31. The summed E-state index contributed by atoms with van der Waals surface area (Å²) in [5.74, 6) is 0.725. The third-order valence-corrected chi connectivity index (χ3v) is 0.754. The first kappa shape index (κ1) is 16.0. The molecule has 0 N–H and O–H groups in total. The third-order valence-electron chi connectivity index (χ3n) is 0.487. The van der Waals surface area contributed by atoms with Crippen LogP contribution in [0.5, 0.6) is 0 Å². The molecule has 0 aromatic rings. The molecule has 0 spiro atoms. The van der Waals surface area contributed by atoms with Crippen LogP contribution in [0.15, 0.2) is 6.58 Å². The third kappa shape index (κ3) is 15.7. The topological polar surface area (TPSA) is 0 Å². The Morgan fingerprint density at radius 2 is 2.00 bits per heavy atom. The van der Waals surface area contributed by atoms with Gasteiger partial charge >= 0.3 is 23.1 Å². The van der Waals surface area contributed by atoms with Crippen LogP contribution in [0.1, 0.15) is 12.8 Å². The number of rotatable bonds is 3. The summed E-state index contributed by atoms with van der Waals surface area (Å²) in [6.45, 7) is 3.41. The molecule has 0 aromatic carbocycles. The molecule has 0 saturated carbocycles. The Kier molecular flexibility index (Phi) is 31.5. The van der Waals surface area contributed by atoms with E-state index in [9.17, 15) is 0 Å². The Bertz CT molecular complexity index is 39.4. The van der Waals surface area contributed by atoms with Crippen molar-refractivity contribution in [1.82, 2.24) is 0 Å². The van der Waals surface area contributed by atoms with E-state index in [-0.39, 0.29) is 35.5 Å². The second-order valence-electron chi connectivity index (χ2n) is 1.04. The van der Waals surface area contributed by atoms with E-state index in [1.807, 2.05) is 0 Å². The fourth-order valence-corrected chi connectivity index (χ4v) is 0.325. The second-order valence-corrected chi connectivity index (χ2v) is 1.42. The van der Waals surface area contributed by atoms with Gasteiger partial charge in [0.2, 0.25) is 0 Å². The first-order valence-electron chi connectivity index (χ1n) is 1.97. The van der Waals surface area contributed by atoms with Crippen molar-refractivity contribution < 1.29 is 12.4 Å². The molecule has 0 aliphatic heterocycles. The Morgan fingerprint density at radius 3 is 2.12 bits per heavy atom. The largest absolute Gasteiger partial charge is 2.00 e. The van der Waals surface area contributed by atoms with Crippen LogP contribution in [0, 0.1) is 6.08 Å². The minimum absolute atomic E-state index is 0. The predicted octanol–water partition coefficient (Wildman–Crippen LogP) is -1.38. The Balaban J connectivity index is -0.000000125. The summed E-state index contributed by atoms with van der Waals surface area (Å²) in [5.41, 5.74) is 0. The van der Waals surface area contributed by atoms with Gasteiger partial charge in [0.1, 0.15) is 0 Å².